The van der Waals surface area contributed by atoms with Gasteiger partial charge in [0.1, 0.15) is 12.2 Å². The maximum atomic E-state index is 11.9. The van der Waals surface area contributed by atoms with E-state index >= 15 is 0 Å². The van der Waals surface area contributed by atoms with E-state index < -0.39 is 11.9 Å². The van der Waals surface area contributed by atoms with E-state index in [4.69, 9.17) is 0 Å². The van der Waals surface area contributed by atoms with Crippen LogP contribution in [0.15, 0.2) is 42.6 Å². The largest absolute Gasteiger partial charge is 0.468 e. The highest BCUT2D eigenvalue weighted by atomic mass is 16.5. The monoisotopic (exact) mass is 314 g/mol. The number of pyridine rings is 1. The number of ether oxygens (including phenoxy) is 1. The van der Waals surface area contributed by atoms with Crippen molar-refractivity contribution in [3.63, 3.8) is 0 Å². The van der Waals surface area contributed by atoms with E-state index in [-0.39, 0.29) is 12.2 Å². The average molecular weight is 314 g/mol. The molecule has 1 N–H and O–H groups in total. The number of carbonyl (C=O) groups excluding carboxylic acids is 2. The molecule has 1 aromatic carbocycles. The second kappa shape index (κ2) is 9.35. The number of aromatic nitrogens is 1. The standard InChI is InChI=1S/C16H16N2O3.C2H6/c1-11-3-5-12(6-4-11)13-7-8-17-14(9-13)16(20)18-10-15(19)21-2;1-2/h3-9H,10H2,1-2H3,(H,18,20);1-2H3. The predicted octanol–water partition coefficient (Wildman–Crippen LogP) is 2.99. The fourth-order valence-electron chi connectivity index (χ4n) is 1.80. The summed E-state index contributed by atoms with van der Waals surface area (Å²) < 4.78 is 4.47. The van der Waals surface area contributed by atoms with Crippen LogP contribution in [0.1, 0.15) is 29.9 Å². The van der Waals surface area contributed by atoms with Crippen molar-refractivity contribution in [2.45, 2.75) is 20.8 Å². The fourth-order valence-corrected chi connectivity index (χ4v) is 1.80. The summed E-state index contributed by atoms with van der Waals surface area (Å²) in [6.45, 7) is 5.84. The maximum Gasteiger partial charge on any atom is 0.325 e. The van der Waals surface area contributed by atoms with E-state index in [9.17, 15) is 9.59 Å². The molecule has 0 aliphatic carbocycles. The van der Waals surface area contributed by atoms with Crippen molar-refractivity contribution in [2.75, 3.05) is 13.7 Å². The summed E-state index contributed by atoms with van der Waals surface area (Å²) in [4.78, 5) is 27.0. The molecule has 1 aromatic heterocycles. The zero-order valence-electron chi connectivity index (χ0n) is 13.9. The van der Waals surface area contributed by atoms with Gasteiger partial charge in [0.15, 0.2) is 0 Å². The van der Waals surface area contributed by atoms with Gasteiger partial charge in [-0.1, -0.05) is 43.7 Å². The van der Waals surface area contributed by atoms with Gasteiger partial charge in [-0.05, 0) is 30.2 Å². The van der Waals surface area contributed by atoms with Gasteiger partial charge in [0.05, 0.1) is 7.11 Å². The molecule has 2 aromatic rings. The molecule has 0 aliphatic rings. The fraction of sp³-hybridized carbons (Fsp3) is 0.278. The Hall–Kier alpha value is -2.69. The summed E-state index contributed by atoms with van der Waals surface area (Å²) in [6, 6.07) is 11.5. The van der Waals surface area contributed by atoms with Crippen LogP contribution in [-0.2, 0) is 9.53 Å². The molecule has 0 spiro atoms. The first kappa shape index (κ1) is 18.4. The Morgan fingerprint density at radius 3 is 2.35 bits per heavy atom. The van der Waals surface area contributed by atoms with Gasteiger partial charge in [-0.3, -0.25) is 14.6 Å². The zero-order chi connectivity index (χ0) is 17.2. The zero-order valence-corrected chi connectivity index (χ0v) is 13.9. The average Bonchev–Trinajstić information content (AvgIpc) is 2.61. The van der Waals surface area contributed by atoms with Crippen LogP contribution in [0.4, 0.5) is 0 Å². The molecule has 122 valence electrons. The Balaban J connectivity index is 0.00000127. The molecular formula is C18H22N2O3. The van der Waals surface area contributed by atoms with E-state index in [1.54, 1.807) is 12.3 Å². The lowest BCUT2D eigenvalue weighted by atomic mass is 10.0. The molecule has 0 aliphatic heterocycles. The third-order valence-corrected chi connectivity index (χ3v) is 3.00. The predicted molar refractivity (Wildman–Crippen MR) is 90.1 cm³/mol. The number of aryl methyl sites for hydroxylation is 1. The summed E-state index contributed by atoms with van der Waals surface area (Å²) in [5.41, 5.74) is 3.33. The van der Waals surface area contributed by atoms with Crippen LogP contribution in [0.2, 0.25) is 0 Å². The van der Waals surface area contributed by atoms with Crippen molar-refractivity contribution < 1.29 is 14.3 Å². The molecule has 0 atom stereocenters. The van der Waals surface area contributed by atoms with Gasteiger partial charge >= 0.3 is 5.97 Å². The minimum Gasteiger partial charge on any atom is -0.468 e. The molecule has 0 saturated heterocycles. The number of carbonyl (C=O) groups is 2. The van der Waals surface area contributed by atoms with E-state index in [1.807, 2.05) is 51.1 Å². The highest BCUT2D eigenvalue weighted by Gasteiger charge is 2.10. The number of amides is 1. The summed E-state index contributed by atoms with van der Waals surface area (Å²) in [5.74, 6) is -0.910. The minimum atomic E-state index is -0.502. The lowest BCUT2D eigenvalue weighted by Gasteiger charge is -2.06. The first-order valence-electron chi connectivity index (χ1n) is 7.48. The lowest BCUT2D eigenvalue weighted by Crippen LogP contribution is -2.30. The number of rotatable bonds is 4. The molecule has 23 heavy (non-hydrogen) atoms. The topological polar surface area (TPSA) is 68.3 Å². The van der Waals surface area contributed by atoms with Crippen LogP contribution in [0.25, 0.3) is 11.1 Å². The minimum absolute atomic E-state index is 0.175. The Kier molecular flexibility index (Phi) is 7.47. The van der Waals surface area contributed by atoms with E-state index in [2.05, 4.69) is 15.0 Å². The molecule has 0 radical (unpaired) electrons. The van der Waals surface area contributed by atoms with Crippen molar-refractivity contribution in [3.05, 3.63) is 53.9 Å². The van der Waals surface area contributed by atoms with Crippen molar-refractivity contribution >= 4 is 11.9 Å². The van der Waals surface area contributed by atoms with Crippen LogP contribution >= 0.6 is 0 Å². The first-order chi connectivity index (χ1) is 11.1. The van der Waals surface area contributed by atoms with Crippen molar-refractivity contribution in [1.29, 1.82) is 0 Å². The lowest BCUT2D eigenvalue weighted by molar-refractivity contribution is -0.139. The van der Waals surface area contributed by atoms with E-state index in [1.165, 1.54) is 12.7 Å². The molecule has 5 heteroatoms. The van der Waals surface area contributed by atoms with Crippen LogP contribution in [0, 0.1) is 6.92 Å². The van der Waals surface area contributed by atoms with Gasteiger partial charge in [-0.15, -0.1) is 0 Å². The number of esters is 1. The molecule has 0 saturated carbocycles. The second-order valence-electron chi connectivity index (χ2n) is 4.55. The molecule has 5 nitrogen and oxygen atoms in total. The maximum absolute atomic E-state index is 11.9. The highest BCUT2D eigenvalue weighted by molar-refractivity contribution is 5.95. The SMILES string of the molecule is CC.COC(=O)CNC(=O)c1cc(-c2ccc(C)cc2)ccn1. The smallest absolute Gasteiger partial charge is 0.325 e. The Morgan fingerprint density at radius 1 is 1.09 bits per heavy atom. The number of methoxy groups -OCH3 is 1. The number of benzene rings is 1. The number of nitrogens with zero attached hydrogens (tertiary/aromatic N) is 1. The third-order valence-electron chi connectivity index (χ3n) is 3.00. The van der Waals surface area contributed by atoms with Crippen molar-refractivity contribution in [1.82, 2.24) is 10.3 Å². The van der Waals surface area contributed by atoms with Crippen LogP contribution in [0.5, 0.6) is 0 Å². The van der Waals surface area contributed by atoms with Gasteiger partial charge in [-0.25, -0.2) is 0 Å². The van der Waals surface area contributed by atoms with E-state index in [0.29, 0.717) is 0 Å². The molecule has 1 amide bonds. The summed E-state index contributed by atoms with van der Waals surface area (Å²) in [5, 5.41) is 2.46. The van der Waals surface area contributed by atoms with Crippen LogP contribution < -0.4 is 5.32 Å². The van der Waals surface area contributed by atoms with Gasteiger partial charge < -0.3 is 10.1 Å². The Morgan fingerprint density at radius 2 is 1.74 bits per heavy atom. The molecule has 0 unspecified atom stereocenters. The summed E-state index contributed by atoms with van der Waals surface area (Å²) in [6.07, 6.45) is 1.57. The molecule has 0 fully saturated rings. The highest BCUT2D eigenvalue weighted by Crippen LogP contribution is 2.19. The number of nitrogens with one attached hydrogen (secondary N) is 1. The molecule has 2 rings (SSSR count). The Bertz CT molecular complexity index is 652. The van der Waals surface area contributed by atoms with Gasteiger partial charge in [0.2, 0.25) is 0 Å². The van der Waals surface area contributed by atoms with Gasteiger partial charge in [0.25, 0.3) is 5.91 Å². The molecular weight excluding hydrogens is 292 g/mol. The summed E-state index contributed by atoms with van der Waals surface area (Å²) >= 11 is 0. The summed E-state index contributed by atoms with van der Waals surface area (Å²) in [7, 11) is 1.27. The number of hydrogen-bond donors (Lipinski definition) is 1. The third kappa shape index (κ3) is 5.54. The van der Waals surface area contributed by atoms with E-state index in [0.717, 1.165) is 11.1 Å². The Labute approximate surface area is 136 Å². The molecule has 1 heterocycles. The van der Waals surface area contributed by atoms with Gasteiger partial charge in [0, 0.05) is 6.20 Å². The number of hydrogen-bond acceptors (Lipinski definition) is 4. The normalized spacial score (nSPS) is 9.39. The van der Waals surface area contributed by atoms with Crippen LogP contribution in [0.3, 0.4) is 0 Å². The molecule has 0 bridgehead atoms. The second-order valence-corrected chi connectivity index (χ2v) is 4.55. The van der Waals surface area contributed by atoms with Gasteiger partial charge in [-0.2, -0.15) is 0 Å². The van der Waals surface area contributed by atoms with Crippen molar-refractivity contribution in [3.8, 4) is 11.1 Å². The quantitative estimate of drug-likeness (QED) is 0.881. The van der Waals surface area contributed by atoms with Crippen molar-refractivity contribution in [2.24, 2.45) is 0 Å². The first-order valence-corrected chi connectivity index (χ1v) is 7.48. The van der Waals surface area contributed by atoms with Crippen LogP contribution in [-0.4, -0.2) is 30.5 Å².